The van der Waals surface area contributed by atoms with Crippen LogP contribution in [-0.2, 0) is 14.3 Å². The number of dihydropyridines is 1. The number of nitrogens with zero attached hydrogens (tertiary/aromatic N) is 1. The minimum absolute atomic E-state index is 0.0360. The normalized spacial score (nSPS) is 15.3. The third-order valence-corrected chi connectivity index (χ3v) is 6.78. The van der Waals surface area contributed by atoms with E-state index in [1.54, 1.807) is 43.3 Å². The molecule has 174 valence electrons. The molecule has 0 radical (unpaired) electrons. The second-order valence-electron chi connectivity index (χ2n) is 7.20. The maximum atomic E-state index is 12.9. The molecule has 1 aliphatic rings. The Morgan fingerprint density at radius 3 is 2.65 bits per heavy atom. The number of anilines is 1. The minimum Gasteiger partial charge on any atom is -0.458 e. The largest absolute Gasteiger partial charge is 0.458 e. The highest BCUT2D eigenvalue weighted by Gasteiger charge is 2.36. The Bertz CT molecular complexity index is 1220. The summed E-state index contributed by atoms with van der Waals surface area (Å²) in [7, 11) is 0. The highest BCUT2D eigenvalue weighted by Crippen LogP contribution is 2.43. The van der Waals surface area contributed by atoms with Gasteiger partial charge in [-0.3, -0.25) is 4.79 Å². The Labute approximate surface area is 215 Å². The van der Waals surface area contributed by atoms with Crippen molar-refractivity contribution in [2.24, 2.45) is 0 Å². The molecule has 1 atom stereocenters. The molecule has 1 amide bonds. The first-order valence-corrected chi connectivity index (χ1v) is 12.3. The summed E-state index contributed by atoms with van der Waals surface area (Å²) < 4.78 is 6.20. The molecule has 2 N–H and O–H groups in total. The average Bonchev–Trinajstić information content (AvgIpc) is 2.82. The van der Waals surface area contributed by atoms with E-state index in [-0.39, 0.29) is 29.4 Å². The molecule has 0 unspecified atom stereocenters. The van der Waals surface area contributed by atoms with E-state index in [1.165, 1.54) is 17.8 Å². The third-order valence-electron chi connectivity index (χ3n) is 4.89. The van der Waals surface area contributed by atoms with Gasteiger partial charge in [-0.15, -0.1) is 0 Å². The van der Waals surface area contributed by atoms with Crippen LogP contribution in [0.2, 0.25) is 5.02 Å². The molecule has 2 aromatic carbocycles. The van der Waals surface area contributed by atoms with Crippen LogP contribution in [0.25, 0.3) is 0 Å². The molecule has 0 bridgehead atoms. The number of esters is 1. The van der Waals surface area contributed by atoms with Gasteiger partial charge in [0.2, 0.25) is 5.91 Å². The number of benzene rings is 2. The van der Waals surface area contributed by atoms with Gasteiger partial charge in [0, 0.05) is 20.9 Å². The van der Waals surface area contributed by atoms with Crippen molar-refractivity contribution in [3.05, 3.63) is 98.1 Å². The lowest BCUT2D eigenvalue weighted by atomic mass is 9.82. The van der Waals surface area contributed by atoms with E-state index in [9.17, 15) is 14.9 Å². The van der Waals surface area contributed by atoms with Crippen LogP contribution in [0.1, 0.15) is 18.4 Å². The summed E-state index contributed by atoms with van der Waals surface area (Å²) in [6.45, 7) is 5.33. The molecule has 9 heteroatoms. The van der Waals surface area contributed by atoms with Gasteiger partial charge in [-0.2, -0.15) is 5.26 Å². The smallest absolute Gasteiger partial charge is 0.337 e. The highest BCUT2D eigenvalue weighted by atomic mass is 79.9. The molecule has 3 rings (SSSR count). The second kappa shape index (κ2) is 11.9. The molecule has 1 heterocycles. The molecule has 34 heavy (non-hydrogen) atoms. The van der Waals surface area contributed by atoms with E-state index in [2.05, 4.69) is 39.2 Å². The fourth-order valence-electron chi connectivity index (χ4n) is 3.40. The van der Waals surface area contributed by atoms with E-state index in [0.717, 1.165) is 4.47 Å². The second-order valence-corrected chi connectivity index (χ2v) is 9.51. The summed E-state index contributed by atoms with van der Waals surface area (Å²) in [5.41, 5.74) is 2.36. The van der Waals surface area contributed by atoms with Crippen molar-refractivity contribution < 1.29 is 14.3 Å². The van der Waals surface area contributed by atoms with Crippen LogP contribution in [0.5, 0.6) is 0 Å². The Morgan fingerprint density at radius 1 is 1.29 bits per heavy atom. The SMILES string of the molecule is C=CCOC(=O)C1=C(C)NC(SCC(=O)Nc2ccc(Br)cc2)=C(C#N)[C@H]1c1ccccc1Cl. The van der Waals surface area contributed by atoms with Gasteiger partial charge in [-0.1, -0.05) is 70.1 Å². The number of ether oxygens (including phenoxy) is 1. The zero-order chi connectivity index (χ0) is 24.7. The molecule has 0 aromatic heterocycles. The molecule has 0 aliphatic carbocycles. The maximum Gasteiger partial charge on any atom is 0.337 e. The third kappa shape index (κ3) is 6.11. The Hall–Kier alpha value is -2.99. The van der Waals surface area contributed by atoms with Gasteiger partial charge in [0.15, 0.2) is 0 Å². The topological polar surface area (TPSA) is 91.2 Å². The first-order chi connectivity index (χ1) is 16.3. The van der Waals surface area contributed by atoms with Crippen LogP contribution in [-0.4, -0.2) is 24.2 Å². The predicted molar refractivity (Wildman–Crippen MR) is 139 cm³/mol. The number of amides is 1. The number of nitrogens with one attached hydrogen (secondary N) is 2. The number of hydrogen-bond donors (Lipinski definition) is 2. The number of carbonyl (C=O) groups excluding carboxylic acids is 2. The molecular weight excluding hydrogens is 538 g/mol. The summed E-state index contributed by atoms with van der Waals surface area (Å²) >= 11 is 11.0. The van der Waals surface area contributed by atoms with E-state index in [4.69, 9.17) is 16.3 Å². The van der Waals surface area contributed by atoms with Gasteiger partial charge >= 0.3 is 5.97 Å². The zero-order valence-corrected chi connectivity index (χ0v) is 21.4. The standard InChI is InChI=1S/C25H21BrClN3O3S/c1-3-12-33-25(32)22-15(2)29-24(19(13-28)23(22)18-6-4-5-7-20(18)27)34-14-21(31)30-17-10-8-16(26)9-11-17/h3-11,23,29H,1,12,14H2,2H3,(H,30,31)/t23-/m1/s1. The van der Waals surface area contributed by atoms with Crippen LogP contribution in [0, 0.1) is 11.3 Å². The Kier molecular flexibility index (Phi) is 8.99. The van der Waals surface area contributed by atoms with E-state index in [1.807, 2.05) is 12.1 Å². The summed E-state index contributed by atoms with van der Waals surface area (Å²) in [6.07, 6.45) is 1.47. The molecular formula is C25H21BrClN3O3S. The molecule has 0 spiro atoms. The van der Waals surface area contributed by atoms with Crippen molar-refractivity contribution in [1.29, 1.82) is 5.26 Å². The van der Waals surface area contributed by atoms with E-state index in [0.29, 0.717) is 27.0 Å². The van der Waals surface area contributed by atoms with Crippen molar-refractivity contribution >= 4 is 56.9 Å². The Morgan fingerprint density at radius 2 is 2.00 bits per heavy atom. The number of hydrogen-bond acceptors (Lipinski definition) is 6. The van der Waals surface area contributed by atoms with Gasteiger partial charge in [0.1, 0.15) is 6.61 Å². The van der Waals surface area contributed by atoms with Gasteiger partial charge in [-0.05, 0) is 42.8 Å². The van der Waals surface area contributed by atoms with Crippen LogP contribution >= 0.6 is 39.3 Å². The molecule has 0 saturated heterocycles. The molecule has 0 saturated carbocycles. The summed E-state index contributed by atoms with van der Waals surface area (Å²) in [4.78, 5) is 25.4. The number of thioether (sulfide) groups is 1. The van der Waals surface area contributed by atoms with Crippen LogP contribution in [0.4, 0.5) is 5.69 Å². The lowest BCUT2D eigenvalue weighted by molar-refractivity contribution is -0.138. The summed E-state index contributed by atoms with van der Waals surface area (Å²) in [6, 6.07) is 16.5. The van der Waals surface area contributed by atoms with Crippen molar-refractivity contribution in [3.8, 4) is 6.07 Å². The fourth-order valence-corrected chi connectivity index (χ4v) is 4.80. The molecule has 1 aliphatic heterocycles. The fraction of sp³-hybridized carbons (Fsp3) is 0.160. The quantitative estimate of drug-likeness (QED) is 0.310. The number of halogens is 2. The lowest BCUT2D eigenvalue weighted by Crippen LogP contribution is -2.29. The molecule has 6 nitrogen and oxygen atoms in total. The van der Waals surface area contributed by atoms with Crippen LogP contribution in [0.3, 0.4) is 0 Å². The monoisotopic (exact) mass is 557 g/mol. The van der Waals surface area contributed by atoms with E-state index >= 15 is 0 Å². The summed E-state index contributed by atoms with van der Waals surface area (Å²) in [5, 5.41) is 16.9. The zero-order valence-electron chi connectivity index (χ0n) is 18.2. The van der Waals surface area contributed by atoms with Crippen molar-refractivity contribution in [1.82, 2.24) is 5.32 Å². The van der Waals surface area contributed by atoms with Gasteiger partial charge < -0.3 is 15.4 Å². The summed E-state index contributed by atoms with van der Waals surface area (Å²) in [5.74, 6) is -1.48. The van der Waals surface area contributed by atoms with Crippen molar-refractivity contribution in [2.75, 3.05) is 17.7 Å². The number of allylic oxidation sites excluding steroid dienone is 2. The number of nitriles is 1. The van der Waals surface area contributed by atoms with Crippen molar-refractivity contribution in [3.63, 3.8) is 0 Å². The minimum atomic E-state index is -0.741. The van der Waals surface area contributed by atoms with E-state index < -0.39 is 11.9 Å². The van der Waals surface area contributed by atoms with Crippen LogP contribution < -0.4 is 10.6 Å². The number of carbonyl (C=O) groups is 2. The average molecular weight is 559 g/mol. The first-order valence-electron chi connectivity index (χ1n) is 10.2. The predicted octanol–water partition coefficient (Wildman–Crippen LogP) is 5.90. The van der Waals surface area contributed by atoms with Gasteiger partial charge in [0.25, 0.3) is 0 Å². The molecule has 0 fully saturated rings. The maximum absolute atomic E-state index is 12.9. The van der Waals surface area contributed by atoms with Gasteiger partial charge in [-0.25, -0.2) is 4.79 Å². The Balaban J connectivity index is 1.91. The van der Waals surface area contributed by atoms with Crippen LogP contribution in [0.15, 0.2) is 87.5 Å². The molecule has 2 aromatic rings. The van der Waals surface area contributed by atoms with Gasteiger partial charge in [0.05, 0.1) is 33.9 Å². The van der Waals surface area contributed by atoms with Crippen molar-refractivity contribution in [2.45, 2.75) is 12.8 Å². The number of rotatable bonds is 8. The first kappa shape index (κ1) is 25.6. The highest BCUT2D eigenvalue weighted by molar-refractivity contribution is 9.10. The lowest BCUT2D eigenvalue weighted by Gasteiger charge is -2.29.